The topological polar surface area (TPSA) is 84.1 Å². The molecule has 6 nitrogen and oxygen atoms in total. The van der Waals surface area contributed by atoms with Gasteiger partial charge in [0.2, 0.25) is 0 Å². The highest BCUT2D eigenvalue weighted by Crippen LogP contribution is 2.12. The van der Waals surface area contributed by atoms with Gasteiger partial charge in [-0.2, -0.15) is 0 Å². The van der Waals surface area contributed by atoms with Gasteiger partial charge in [0.1, 0.15) is 0 Å². The van der Waals surface area contributed by atoms with Gasteiger partial charge in [-0.1, -0.05) is 6.07 Å². The molecule has 2 heterocycles. The minimum Gasteiger partial charge on any atom is -0.295 e. The molecule has 0 aliphatic rings. The van der Waals surface area contributed by atoms with Crippen molar-refractivity contribution < 1.29 is 4.79 Å². The number of carbonyl (C=O) groups excluding carboxylic acids is 1. The van der Waals surface area contributed by atoms with E-state index in [4.69, 9.17) is 5.84 Å². The average molecular weight is 277 g/mol. The minimum absolute atomic E-state index is 0.358. The molecule has 0 saturated carbocycles. The molecule has 0 fully saturated rings. The molecule has 2 aromatic rings. The second-order valence-electron chi connectivity index (χ2n) is 4.11. The molecule has 0 saturated heterocycles. The lowest BCUT2D eigenvalue weighted by Crippen LogP contribution is -2.30. The van der Waals surface area contributed by atoms with Crippen LogP contribution in [0.1, 0.15) is 21.2 Å². The number of nitrogens with two attached hydrogens (primary N) is 1. The summed E-state index contributed by atoms with van der Waals surface area (Å²) in [5, 5.41) is 2.24. The smallest absolute Gasteiger partial charge is 0.294 e. The van der Waals surface area contributed by atoms with Crippen molar-refractivity contribution in [2.45, 2.75) is 13.1 Å². The Morgan fingerprint density at radius 1 is 1.42 bits per heavy atom. The van der Waals surface area contributed by atoms with Gasteiger partial charge in [0, 0.05) is 24.7 Å². The quantitative estimate of drug-likeness (QED) is 0.479. The summed E-state index contributed by atoms with van der Waals surface area (Å²) in [6.45, 7) is 1.39. The molecule has 3 N–H and O–H groups in total. The van der Waals surface area contributed by atoms with Crippen molar-refractivity contribution in [3.63, 3.8) is 0 Å². The second kappa shape index (κ2) is 6.37. The number of pyridine rings is 1. The molecule has 0 unspecified atom stereocenters. The number of nitrogen functional groups attached to an aromatic ring is 1. The number of hydrazine groups is 1. The van der Waals surface area contributed by atoms with Gasteiger partial charge >= 0.3 is 0 Å². The zero-order valence-electron chi connectivity index (χ0n) is 10.5. The summed E-state index contributed by atoms with van der Waals surface area (Å²) in [6.07, 6.45) is 1.77. The Hall–Kier alpha value is -1.83. The Labute approximate surface area is 115 Å². The summed E-state index contributed by atoms with van der Waals surface area (Å²) in [7, 11) is 1.98. The molecular formula is C12H15N5OS. The molecule has 7 heteroatoms. The molecule has 0 radical (unpaired) electrons. The molecule has 0 aromatic carbocycles. The van der Waals surface area contributed by atoms with Crippen molar-refractivity contribution in [3.05, 3.63) is 46.2 Å². The van der Waals surface area contributed by atoms with E-state index in [0.29, 0.717) is 11.6 Å². The number of aromatic nitrogens is 2. The third kappa shape index (κ3) is 3.82. The number of hydrogen-bond acceptors (Lipinski definition) is 6. The van der Waals surface area contributed by atoms with Crippen molar-refractivity contribution >= 4 is 17.2 Å². The fraction of sp³-hybridized carbons (Fsp3) is 0.250. The van der Waals surface area contributed by atoms with Crippen LogP contribution >= 0.6 is 11.3 Å². The lowest BCUT2D eigenvalue weighted by atomic mass is 10.3. The number of amides is 1. The van der Waals surface area contributed by atoms with E-state index in [0.717, 1.165) is 17.9 Å². The van der Waals surface area contributed by atoms with Crippen molar-refractivity contribution in [3.8, 4) is 0 Å². The van der Waals surface area contributed by atoms with Gasteiger partial charge in [-0.05, 0) is 19.2 Å². The Bertz CT molecular complexity index is 542. The van der Waals surface area contributed by atoms with E-state index >= 15 is 0 Å². The van der Waals surface area contributed by atoms with Gasteiger partial charge in [-0.3, -0.25) is 20.1 Å². The van der Waals surface area contributed by atoms with Gasteiger partial charge in [-0.15, -0.1) is 11.3 Å². The van der Waals surface area contributed by atoms with E-state index in [2.05, 4.69) is 20.3 Å². The van der Waals surface area contributed by atoms with Crippen LogP contribution in [-0.4, -0.2) is 27.8 Å². The van der Waals surface area contributed by atoms with Crippen LogP contribution in [0.3, 0.4) is 0 Å². The van der Waals surface area contributed by atoms with Gasteiger partial charge in [-0.25, -0.2) is 10.8 Å². The lowest BCUT2D eigenvalue weighted by Gasteiger charge is -2.14. The van der Waals surface area contributed by atoms with E-state index in [1.807, 2.05) is 30.6 Å². The predicted octanol–water partition coefficient (Wildman–Crippen LogP) is 0.774. The summed E-state index contributed by atoms with van der Waals surface area (Å²) >= 11 is 1.29. The first kappa shape index (κ1) is 13.6. The first-order valence-electron chi connectivity index (χ1n) is 5.73. The maximum absolute atomic E-state index is 11.3. The van der Waals surface area contributed by atoms with Crippen LogP contribution in [-0.2, 0) is 13.1 Å². The van der Waals surface area contributed by atoms with E-state index < -0.39 is 0 Å². The summed E-state index contributed by atoms with van der Waals surface area (Å²) < 4.78 is 0. The van der Waals surface area contributed by atoms with Crippen molar-refractivity contribution in [1.29, 1.82) is 0 Å². The van der Waals surface area contributed by atoms with Gasteiger partial charge in [0.25, 0.3) is 5.91 Å². The van der Waals surface area contributed by atoms with Gasteiger partial charge < -0.3 is 0 Å². The fourth-order valence-corrected chi connectivity index (χ4v) is 2.36. The van der Waals surface area contributed by atoms with E-state index in [1.54, 1.807) is 6.20 Å². The highest BCUT2D eigenvalue weighted by atomic mass is 32.1. The molecular weight excluding hydrogens is 262 g/mol. The normalized spacial score (nSPS) is 10.7. The Kier molecular flexibility index (Phi) is 4.56. The number of nitrogens with one attached hydrogen (secondary N) is 1. The lowest BCUT2D eigenvalue weighted by molar-refractivity contribution is 0.0953. The molecule has 2 rings (SSSR count). The molecule has 19 heavy (non-hydrogen) atoms. The minimum atomic E-state index is -0.358. The van der Waals surface area contributed by atoms with Crippen LogP contribution in [0.5, 0.6) is 0 Å². The molecule has 0 bridgehead atoms. The molecule has 2 aromatic heterocycles. The first-order valence-corrected chi connectivity index (χ1v) is 6.61. The Balaban J connectivity index is 1.94. The number of carbonyl (C=O) groups is 1. The number of thiazole rings is 1. The van der Waals surface area contributed by atoms with Crippen LogP contribution < -0.4 is 11.3 Å². The number of nitrogens with zero attached hydrogens (tertiary/aromatic N) is 3. The average Bonchev–Trinajstić information content (AvgIpc) is 2.87. The highest BCUT2D eigenvalue weighted by Gasteiger charge is 2.11. The molecule has 0 spiro atoms. The summed E-state index contributed by atoms with van der Waals surface area (Å²) in [5.74, 6) is 4.71. The third-order valence-corrected chi connectivity index (χ3v) is 3.36. The maximum Gasteiger partial charge on any atom is 0.294 e. The van der Waals surface area contributed by atoms with Gasteiger partial charge in [0.15, 0.2) is 5.01 Å². The van der Waals surface area contributed by atoms with Crippen LogP contribution in [0.15, 0.2) is 29.8 Å². The molecule has 1 amide bonds. The molecule has 0 atom stereocenters. The highest BCUT2D eigenvalue weighted by molar-refractivity contribution is 7.11. The monoisotopic (exact) mass is 277 g/mol. The largest absolute Gasteiger partial charge is 0.295 e. The van der Waals surface area contributed by atoms with Crippen molar-refractivity contribution in [2.24, 2.45) is 5.84 Å². The van der Waals surface area contributed by atoms with Crippen molar-refractivity contribution in [2.75, 3.05) is 7.05 Å². The van der Waals surface area contributed by atoms with Crippen LogP contribution in [0.4, 0.5) is 0 Å². The zero-order chi connectivity index (χ0) is 13.7. The van der Waals surface area contributed by atoms with Gasteiger partial charge in [0.05, 0.1) is 11.4 Å². The number of hydrogen-bond donors (Lipinski definition) is 2. The first-order chi connectivity index (χ1) is 9.19. The van der Waals surface area contributed by atoms with Crippen molar-refractivity contribution in [1.82, 2.24) is 20.3 Å². The maximum atomic E-state index is 11.3. The summed E-state index contributed by atoms with van der Waals surface area (Å²) in [5.41, 5.74) is 3.92. The van der Waals surface area contributed by atoms with Crippen LogP contribution in [0, 0.1) is 0 Å². The molecule has 100 valence electrons. The molecule has 0 aliphatic carbocycles. The molecule has 0 aliphatic heterocycles. The fourth-order valence-electron chi connectivity index (χ4n) is 1.65. The Morgan fingerprint density at radius 2 is 2.21 bits per heavy atom. The zero-order valence-corrected chi connectivity index (χ0v) is 11.4. The second-order valence-corrected chi connectivity index (χ2v) is 4.97. The van der Waals surface area contributed by atoms with E-state index in [9.17, 15) is 4.79 Å². The van der Waals surface area contributed by atoms with E-state index in [-0.39, 0.29) is 5.91 Å². The van der Waals surface area contributed by atoms with Crippen LogP contribution in [0.2, 0.25) is 0 Å². The standard InChI is InChI=1S/C12H15N5OS/c1-17(6-9-4-2-3-5-14-9)7-10-8-19-12(15-10)11(18)16-13/h2-5,8H,6-7,13H2,1H3,(H,16,18). The number of rotatable bonds is 5. The Morgan fingerprint density at radius 3 is 2.89 bits per heavy atom. The summed E-state index contributed by atoms with van der Waals surface area (Å²) in [4.78, 5) is 21.9. The SMILES string of the molecule is CN(Cc1ccccn1)Cc1csc(C(=O)NN)n1. The predicted molar refractivity (Wildman–Crippen MR) is 73.2 cm³/mol. The summed E-state index contributed by atoms with van der Waals surface area (Å²) in [6, 6.07) is 5.83. The third-order valence-electron chi connectivity index (χ3n) is 2.47. The van der Waals surface area contributed by atoms with Crippen LogP contribution in [0.25, 0.3) is 0 Å². The van der Waals surface area contributed by atoms with E-state index in [1.165, 1.54) is 11.3 Å².